The largest absolute Gasteiger partial charge is 0.383 e. The van der Waals surface area contributed by atoms with Crippen molar-refractivity contribution in [3.63, 3.8) is 0 Å². The van der Waals surface area contributed by atoms with Crippen LogP contribution >= 0.6 is 23.4 Å². The zero-order valence-corrected chi connectivity index (χ0v) is 12.1. The van der Waals surface area contributed by atoms with Crippen LogP contribution in [0.25, 0.3) is 5.69 Å². The number of anilines is 1. The first kappa shape index (κ1) is 12.9. The van der Waals surface area contributed by atoms with Crippen LogP contribution in [-0.4, -0.2) is 27.8 Å². The Morgan fingerprint density at radius 2 is 2.37 bits per heavy atom. The minimum absolute atomic E-state index is 0.717. The number of benzene rings is 1. The molecule has 2 aromatic rings. The van der Waals surface area contributed by atoms with E-state index in [0.29, 0.717) is 0 Å². The Morgan fingerprint density at radius 1 is 1.42 bits per heavy atom. The number of halogens is 1. The summed E-state index contributed by atoms with van der Waals surface area (Å²) in [7, 11) is 0. The predicted octanol–water partition coefficient (Wildman–Crippen LogP) is 3.69. The first-order chi connectivity index (χ1) is 9.34. The Labute approximate surface area is 122 Å². The molecular weight excluding hydrogens is 278 g/mol. The fourth-order valence-corrected chi connectivity index (χ4v) is 3.84. The molecule has 0 saturated carbocycles. The second-order valence-electron chi connectivity index (χ2n) is 4.70. The SMILES string of the molecule is Clc1cccc(NCC2CCSC2)c1-n1cccn1. The Bertz CT molecular complexity index is 536. The highest BCUT2D eigenvalue weighted by Gasteiger charge is 2.16. The molecule has 1 aliphatic rings. The highest BCUT2D eigenvalue weighted by molar-refractivity contribution is 7.99. The van der Waals surface area contributed by atoms with Gasteiger partial charge in [-0.2, -0.15) is 16.9 Å². The lowest BCUT2D eigenvalue weighted by Crippen LogP contribution is -2.15. The van der Waals surface area contributed by atoms with Crippen molar-refractivity contribution in [2.45, 2.75) is 6.42 Å². The lowest BCUT2D eigenvalue weighted by molar-refractivity contribution is 0.631. The fourth-order valence-electron chi connectivity index (χ4n) is 2.29. The van der Waals surface area contributed by atoms with Crippen LogP contribution in [0, 0.1) is 5.92 Å². The second-order valence-corrected chi connectivity index (χ2v) is 6.25. The van der Waals surface area contributed by atoms with Gasteiger partial charge in [-0.3, -0.25) is 0 Å². The number of rotatable bonds is 4. The summed E-state index contributed by atoms with van der Waals surface area (Å²) in [6, 6.07) is 7.84. The number of hydrogen-bond donors (Lipinski definition) is 1. The summed E-state index contributed by atoms with van der Waals surface area (Å²) < 4.78 is 1.81. The quantitative estimate of drug-likeness (QED) is 0.932. The summed E-state index contributed by atoms with van der Waals surface area (Å²) in [6.45, 7) is 1.00. The standard InChI is InChI=1S/C14H16ClN3S/c15-12-3-1-4-13(14(12)18-7-2-6-17-18)16-9-11-5-8-19-10-11/h1-4,6-7,11,16H,5,8-10H2. The molecule has 0 spiro atoms. The molecule has 1 unspecified atom stereocenters. The van der Waals surface area contributed by atoms with Crippen molar-refractivity contribution in [3.8, 4) is 5.69 Å². The van der Waals surface area contributed by atoms with E-state index in [2.05, 4.69) is 16.5 Å². The van der Waals surface area contributed by atoms with Gasteiger partial charge in [-0.25, -0.2) is 4.68 Å². The fraction of sp³-hybridized carbons (Fsp3) is 0.357. The molecule has 0 aliphatic carbocycles. The smallest absolute Gasteiger partial charge is 0.106 e. The molecule has 1 N–H and O–H groups in total. The van der Waals surface area contributed by atoms with Gasteiger partial charge in [-0.15, -0.1) is 0 Å². The number of thioether (sulfide) groups is 1. The Kier molecular flexibility index (Phi) is 3.99. The van der Waals surface area contributed by atoms with E-state index < -0.39 is 0 Å². The van der Waals surface area contributed by atoms with Crippen molar-refractivity contribution >= 4 is 29.1 Å². The van der Waals surface area contributed by atoms with E-state index in [1.54, 1.807) is 6.20 Å². The van der Waals surface area contributed by atoms with Crippen molar-refractivity contribution in [2.24, 2.45) is 5.92 Å². The van der Waals surface area contributed by atoms with Crippen molar-refractivity contribution in [1.29, 1.82) is 0 Å². The van der Waals surface area contributed by atoms with Crippen LogP contribution in [-0.2, 0) is 0 Å². The molecule has 1 fully saturated rings. The third-order valence-corrected chi connectivity index (χ3v) is 4.86. The average Bonchev–Trinajstić information content (AvgIpc) is 3.09. The molecule has 5 heteroatoms. The van der Waals surface area contributed by atoms with Crippen molar-refractivity contribution < 1.29 is 0 Å². The minimum Gasteiger partial charge on any atom is -0.383 e. The topological polar surface area (TPSA) is 29.9 Å². The summed E-state index contributed by atoms with van der Waals surface area (Å²) in [5.41, 5.74) is 1.98. The average molecular weight is 294 g/mol. The summed E-state index contributed by atoms with van der Waals surface area (Å²) in [5.74, 6) is 3.30. The molecule has 0 radical (unpaired) electrons. The highest BCUT2D eigenvalue weighted by atomic mass is 35.5. The van der Waals surface area contributed by atoms with Crippen LogP contribution in [0.1, 0.15) is 6.42 Å². The number of nitrogens with one attached hydrogen (secondary N) is 1. The van der Waals surface area contributed by atoms with E-state index in [1.807, 2.05) is 40.8 Å². The van der Waals surface area contributed by atoms with Gasteiger partial charge < -0.3 is 5.32 Å². The monoisotopic (exact) mass is 293 g/mol. The van der Waals surface area contributed by atoms with Crippen molar-refractivity contribution in [1.82, 2.24) is 9.78 Å². The first-order valence-corrected chi connectivity index (χ1v) is 7.98. The minimum atomic E-state index is 0.717. The number of aromatic nitrogens is 2. The summed E-state index contributed by atoms with van der Waals surface area (Å²) >= 11 is 8.35. The molecule has 1 atom stereocenters. The van der Waals surface area contributed by atoms with Crippen molar-refractivity contribution in [2.75, 3.05) is 23.4 Å². The summed E-state index contributed by atoms with van der Waals surface area (Å²) in [6.07, 6.45) is 4.98. The van der Waals surface area contributed by atoms with Crippen LogP contribution < -0.4 is 5.32 Å². The van der Waals surface area contributed by atoms with Crippen molar-refractivity contribution in [3.05, 3.63) is 41.7 Å². The van der Waals surface area contributed by atoms with E-state index in [9.17, 15) is 0 Å². The van der Waals surface area contributed by atoms with E-state index in [0.717, 1.165) is 28.9 Å². The van der Waals surface area contributed by atoms with Crippen LogP contribution in [0.15, 0.2) is 36.7 Å². The van der Waals surface area contributed by atoms with E-state index in [4.69, 9.17) is 11.6 Å². The molecule has 3 rings (SSSR count). The third kappa shape index (κ3) is 2.90. The molecule has 1 aromatic carbocycles. The second kappa shape index (κ2) is 5.88. The van der Waals surface area contributed by atoms with E-state index >= 15 is 0 Å². The zero-order chi connectivity index (χ0) is 13.1. The normalized spacial score (nSPS) is 18.7. The first-order valence-electron chi connectivity index (χ1n) is 6.45. The molecule has 2 heterocycles. The van der Waals surface area contributed by atoms with Gasteiger partial charge in [0.05, 0.1) is 10.7 Å². The molecule has 0 amide bonds. The molecular formula is C14H16ClN3S. The number of para-hydroxylation sites is 1. The zero-order valence-electron chi connectivity index (χ0n) is 10.6. The number of hydrogen-bond acceptors (Lipinski definition) is 3. The third-order valence-electron chi connectivity index (χ3n) is 3.33. The molecule has 0 bridgehead atoms. The van der Waals surface area contributed by atoms with Gasteiger partial charge in [0, 0.05) is 18.9 Å². The van der Waals surface area contributed by atoms with E-state index in [-0.39, 0.29) is 0 Å². The van der Waals surface area contributed by atoms with Gasteiger partial charge in [0.1, 0.15) is 5.69 Å². The predicted molar refractivity (Wildman–Crippen MR) is 82.5 cm³/mol. The molecule has 100 valence electrons. The number of nitrogens with zero attached hydrogens (tertiary/aromatic N) is 2. The summed E-state index contributed by atoms with van der Waals surface area (Å²) in [5, 5.41) is 8.52. The van der Waals surface area contributed by atoms with Gasteiger partial charge >= 0.3 is 0 Å². The van der Waals surface area contributed by atoms with Gasteiger partial charge in [0.25, 0.3) is 0 Å². The highest BCUT2D eigenvalue weighted by Crippen LogP contribution is 2.29. The van der Waals surface area contributed by atoms with Gasteiger partial charge in [0.15, 0.2) is 0 Å². The molecule has 1 saturated heterocycles. The van der Waals surface area contributed by atoms with Crippen LogP contribution in [0.3, 0.4) is 0 Å². The van der Waals surface area contributed by atoms with Gasteiger partial charge in [-0.1, -0.05) is 17.7 Å². The van der Waals surface area contributed by atoms with Crippen LogP contribution in [0.5, 0.6) is 0 Å². The van der Waals surface area contributed by atoms with Gasteiger partial charge in [-0.05, 0) is 42.0 Å². The maximum Gasteiger partial charge on any atom is 0.106 e. The maximum absolute atomic E-state index is 6.31. The van der Waals surface area contributed by atoms with Crippen LogP contribution in [0.4, 0.5) is 5.69 Å². The molecule has 19 heavy (non-hydrogen) atoms. The molecule has 3 nitrogen and oxygen atoms in total. The lowest BCUT2D eigenvalue weighted by atomic mass is 10.1. The Hall–Kier alpha value is -1.13. The summed E-state index contributed by atoms with van der Waals surface area (Å²) in [4.78, 5) is 0. The Morgan fingerprint density at radius 3 is 3.11 bits per heavy atom. The van der Waals surface area contributed by atoms with Gasteiger partial charge in [0.2, 0.25) is 0 Å². The lowest BCUT2D eigenvalue weighted by Gasteiger charge is -2.16. The molecule has 1 aromatic heterocycles. The Balaban J connectivity index is 1.82. The van der Waals surface area contributed by atoms with E-state index in [1.165, 1.54) is 17.9 Å². The van der Waals surface area contributed by atoms with Crippen LogP contribution in [0.2, 0.25) is 5.02 Å². The molecule has 1 aliphatic heterocycles. The maximum atomic E-state index is 6.31.